The van der Waals surface area contributed by atoms with Gasteiger partial charge in [-0.2, -0.15) is 0 Å². The van der Waals surface area contributed by atoms with E-state index in [2.05, 4.69) is 10.1 Å². The number of rotatable bonds is 10. The van der Waals surface area contributed by atoms with Crippen molar-refractivity contribution in [1.82, 2.24) is 4.98 Å². The van der Waals surface area contributed by atoms with Crippen molar-refractivity contribution in [3.8, 4) is 17.2 Å². The first-order valence-corrected chi connectivity index (χ1v) is 10.6. The third kappa shape index (κ3) is 5.75. The van der Waals surface area contributed by atoms with Gasteiger partial charge in [-0.15, -0.1) is 0 Å². The third-order valence-electron chi connectivity index (χ3n) is 5.01. The Labute approximate surface area is 187 Å². The lowest BCUT2D eigenvalue weighted by Gasteiger charge is -2.13. The van der Waals surface area contributed by atoms with Crippen LogP contribution >= 0.6 is 0 Å². The van der Waals surface area contributed by atoms with Crippen LogP contribution in [-0.4, -0.2) is 27.9 Å². The van der Waals surface area contributed by atoms with Crippen LogP contribution in [0.1, 0.15) is 49.3 Å². The van der Waals surface area contributed by atoms with E-state index in [9.17, 15) is 4.79 Å². The zero-order valence-corrected chi connectivity index (χ0v) is 18.8. The highest BCUT2D eigenvalue weighted by atomic mass is 16.6. The number of oxazole rings is 1. The minimum atomic E-state index is -0.977. The van der Waals surface area contributed by atoms with Gasteiger partial charge >= 0.3 is 5.97 Å². The van der Waals surface area contributed by atoms with Gasteiger partial charge in [0, 0.05) is 5.56 Å². The fraction of sp³-hybridized carbons (Fsp3) is 0.320. The molecule has 7 nitrogen and oxygen atoms in total. The van der Waals surface area contributed by atoms with Crippen LogP contribution in [-0.2, 0) is 16.2 Å². The van der Waals surface area contributed by atoms with E-state index >= 15 is 0 Å². The van der Waals surface area contributed by atoms with Gasteiger partial charge in [0.2, 0.25) is 5.89 Å². The molecule has 3 rings (SSSR count). The Kier molecular flexibility index (Phi) is 7.65. The molecule has 0 aliphatic carbocycles. The fourth-order valence-electron chi connectivity index (χ4n) is 3.07. The van der Waals surface area contributed by atoms with E-state index < -0.39 is 12.1 Å². The minimum absolute atomic E-state index is 0.197. The van der Waals surface area contributed by atoms with Gasteiger partial charge in [-0.3, -0.25) is 0 Å². The molecule has 0 saturated heterocycles. The number of ether oxygens (including phenoxy) is 1. The number of aromatic nitrogens is 1. The number of nitrogens with zero attached hydrogens (tertiary/aromatic N) is 2. The van der Waals surface area contributed by atoms with Crippen molar-refractivity contribution in [3.05, 3.63) is 71.1 Å². The Morgan fingerprint density at radius 2 is 1.78 bits per heavy atom. The Balaban J connectivity index is 1.65. The van der Waals surface area contributed by atoms with Crippen molar-refractivity contribution in [1.29, 1.82) is 0 Å². The second-order valence-electron chi connectivity index (χ2n) is 7.43. The molecule has 0 aliphatic heterocycles. The van der Waals surface area contributed by atoms with Crippen LogP contribution in [0.2, 0.25) is 0 Å². The van der Waals surface area contributed by atoms with Crippen LogP contribution in [0.5, 0.6) is 5.75 Å². The van der Waals surface area contributed by atoms with Crippen molar-refractivity contribution in [2.24, 2.45) is 5.16 Å². The van der Waals surface area contributed by atoms with Gasteiger partial charge in [0.05, 0.1) is 5.71 Å². The predicted octanol–water partition coefficient (Wildman–Crippen LogP) is 5.53. The lowest BCUT2D eigenvalue weighted by Crippen LogP contribution is -2.25. The van der Waals surface area contributed by atoms with Crippen LogP contribution < -0.4 is 4.74 Å². The lowest BCUT2D eigenvalue weighted by atomic mass is 10.1. The molecule has 32 heavy (non-hydrogen) atoms. The summed E-state index contributed by atoms with van der Waals surface area (Å²) in [5.74, 6) is 0.776. The number of carboxylic acid groups (broad SMARTS) is 1. The first kappa shape index (κ1) is 23.1. The molecular weight excluding hydrogens is 408 g/mol. The highest BCUT2D eigenvalue weighted by Gasteiger charge is 2.17. The number of benzene rings is 2. The van der Waals surface area contributed by atoms with Crippen molar-refractivity contribution >= 4 is 11.7 Å². The van der Waals surface area contributed by atoms with E-state index in [4.69, 9.17) is 19.1 Å². The molecule has 7 heteroatoms. The molecular formula is C25H28N2O5. The summed E-state index contributed by atoms with van der Waals surface area (Å²) in [6.07, 6.45) is 0.193. The molecule has 1 heterocycles. The minimum Gasteiger partial charge on any atom is -0.479 e. The fourth-order valence-corrected chi connectivity index (χ4v) is 3.07. The highest BCUT2D eigenvalue weighted by molar-refractivity contribution is 6.00. The maximum Gasteiger partial charge on any atom is 0.344 e. The summed E-state index contributed by atoms with van der Waals surface area (Å²) in [5.41, 5.74) is 4.43. The molecule has 0 aliphatic rings. The number of aliphatic carboxylic acids is 1. The van der Waals surface area contributed by atoms with Crippen LogP contribution in [0.25, 0.3) is 11.5 Å². The van der Waals surface area contributed by atoms with E-state index in [-0.39, 0.29) is 6.61 Å². The Morgan fingerprint density at radius 1 is 1.09 bits per heavy atom. The zero-order chi connectivity index (χ0) is 23.1. The van der Waals surface area contributed by atoms with Gasteiger partial charge in [-0.1, -0.05) is 36.7 Å². The van der Waals surface area contributed by atoms with E-state index in [0.717, 1.165) is 16.8 Å². The normalized spacial score (nSPS) is 12.4. The topological polar surface area (TPSA) is 94.2 Å². The molecule has 0 saturated carbocycles. The number of carboxylic acids is 1. The smallest absolute Gasteiger partial charge is 0.344 e. The molecule has 0 amide bonds. The molecule has 0 spiro atoms. The second kappa shape index (κ2) is 10.6. The summed E-state index contributed by atoms with van der Waals surface area (Å²) in [7, 11) is 0. The molecule has 0 radical (unpaired) electrons. The van der Waals surface area contributed by atoms with E-state index in [1.165, 1.54) is 5.56 Å². The summed E-state index contributed by atoms with van der Waals surface area (Å²) in [6, 6.07) is 15.1. The van der Waals surface area contributed by atoms with Crippen molar-refractivity contribution in [2.45, 2.75) is 53.2 Å². The highest BCUT2D eigenvalue weighted by Crippen LogP contribution is 2.23. The van der Waals surface area contributed by atoms with Crippen LogP contribution in [0.15, 0.2) is 58.1 Å². The molecule has 2 aromatic carbocycles. The second-order valence-corrected chi connectivity index (χ2v) is 7.43. The van der Waals surface area contributed by atoms with Gasteiger partial charge in [-0.05, 0) is 68.7 Å². The predicted molar refractivity (Wildman–Crippen MR) is 122 cm³/mol. The van der Waals surface area contributed by atoms with E-state index in [1.54, 1.807) is 19.1 Å². The molecule has 168 valence electrons. The molecule has 1 N–H and O–H groups in total. The monoisotopic (exact) mass is 436 g/mol. The summed E-state index contributed by atoms with van der Waals surface area (Å²) < 4.78 is 11.3. The average Bonchev–Trinajstić information content (AvgIpc) is 3.16. The molecule has 0 fully saturated rings. The van der Waals surface area contributed by atoms with Crippen LogP contribution in [0, 0.1) is 13.8 Å². The summed E-state index contributed by atoms with van der Waals surface area (Å²) >= 11 is 0. The molecule has 0 bridgehead atoms. The van der Waals surface area contributed by atoms with Crippen LogP contribution in [0.4, 0.5) is 0 Å². The molecule has 3 aromatic rings. The summed E-state index contributed by atoms with van der Waals surface area (Å²) in [4.78, 5) is 21.3. The largest absolute Gasteiger partial charge is 0.479 e. The van der Waals surface area contributed by atoms with E-state index in [1.807, 2.05) is 57.2 Å². The first-order valence-electron chi connectivity index (χ1n) is 10.6. The van der Waals surface area contributed by atoms with Gasteiger partial charge in [0.15, 0.2) is 12.7 Å². The summed E-state index contributed by atoms with van der Waals surface area (Å²) in [6.45, 7) is 7.84. The number of hydrogen-bond acceptors (Lipinski definition) is 6. The molecule has 1 atom stereocenters. The SMILES string of the molecule is CC/C(=N/OCc1nc(-c2ccc(C)cc2)oc1C)c1ccc(OC(CC)C(=O)O)cc1. The maximum atomic E-state index is 11.1. The zero-order valence-electron chi connectivity index (χ0n) is 18.8. The number of aryl methyl sites for hydroxylation is 2. The Morgan fingerprint density at radius 3 is 2.38 bits per heavy atom. The van der Waals surface area contributed by atoms with Crippen molar-refractivity contribution < 1.29 is 23.9 Å². The first-order chi connectivity index (χ1) is 15.4. The Hall–Kier alpha value is -3.61. The molecule has 1 unspecified atom stereocenters. The lowest BCUT2D eigenvalue weighted by molar-refractivity contribution is -0.145. The van der Waals surface area contributed by atoms with Gasteiger partial charge < -0.3 is 19.1 Å². The van der Waals surface area contributed by atoms with Gasteiger partial charge in [-0.25, -0.2) is 9.78 Å². The Bertz CT molecular complexity index is 1070. The molecule has 1 aromatic heterocycles. The number of hydrogen-bond donors (Lipinski definition) is 1. The third-order valence-corrected chi connectivity index (χ3v) is 5.01. The number of oxime groups is 1. The number of carbonyl (C=O) groups is 1. The van der Waals surface area contributed by atoms with Gasteiger partial charge in [0.25, 0.3) is 0 Å². The maximum absolute atomic E-state index is 11.1. The van der Waals surface area contributed by atoms with Crippen molar-refractivity contribution in [2.75, 3.05) is 0 Å². The average molecular weight is 437 g/mol. The van der Waals surface area contributed by atoms with Crippen LogP contribution in [0.3, 0.4) is 0 Å². The standard InChI is InChI=1S/C25H28N2O5/c1-5-21(18-11-13-20(14-12-18)32-23(6-2)25(28)29)27-30-15-22-17(4)31-24(26-22)19-9-7-16(3)8-10-19/h7-14,23H,5-6,15H2,1-4H3,(H,28,29)/b27-21-. The quantitative estimate of drug-likeness (QED) is 0.332. The van der Waals surface area contributed by atoms with Crippen molar-refractivity contribution in [3.63, 3.8) is 0 Å². The summed E-state index contributed by atoms with van der Waals surface area (Å²) in [5, 5.41) is 13.4. The van der Waals surface area contributed by atoms with E-state index in [0.29, 0.717) is 35.9 Å². The van der Waals surface area contributed by atoms with Gasteiger partial charge in [0.1, 0.15) is 17.2 Å².